The molecule has 2 aromatic heterocycles. The Hall–Kier alpha value is -2.83. The van der Waals surface area contributed by atoms with Crippen LogP contribution in [0.25, 0.3) is 0 Å². The summed E-state index contributed by atoms with van der Waals surface area (Å²) >= 11 is 0. The van der Waals surface area contributed by atoms with E-state index in [0.717, 1.165) is 0 Å². The summed E-state index contributed by atoms with van der Waals surface area (Å²) in [6.07, 6.45) is 1.35. The quantitative estimate of drug-likeness (QED) is 0.875. The Bertz CT molecular complexity index is 685. The third-order valence-electron chi connectivity index (χ3n) is 2.60. The summed E-state index contributed by atoms with van der Waals surface area (Å²) in [5, 5.41) is 19.2. The van der Waals surface area contributed by atoms with Crippen molar-refractivity contribution < 1.29 is 14.7 Å². The predicted molar refractivity (Wildman–Crippen MR) is 70.7 cm³/mol. The minimum absolute atomic E-state index is 0.138. The summed E-state index contributed by atoms with van der Waals surface area (Å²) in [4.78, 5) is 26.9. The number of carboxylic acid groups (broad SMARTS) is 1. The molecule has 0 radical (unpaired) electrons. The van der Waals surface area contributed by atoms with Crippen molar-refractivity contribution in [3.05, 3.63) is 47.0 Å². The van der Waals surface area contributed by atoms with Gasteiger partial charge in [0.15, 0.2) is 5.69 Å². The number of pyridine rings is 1. The van der Waals surface area contributed by atoms with Gasteiger partial charge in [0.2, 0.25) is 0 Å². The summed E-state index contributed by atoms with van der Waals surface area (Å²) in [6.45, 7) is 3.37. The maximum absolute atomic E-state index is 12.2. The molecule has 0 aromatic carbocycles. The number of hydrogen-bond donors (Lipinski definition) is 2. The van der Waals surface area contributed by atoms with Crippen LogP contribution in [0, 0.1) is 13.8 Å². The monoisotopic (exact) mass is 272 g/mol. The van der Waals surface area contributed by atoms with Crippen LogP contribution in [0.5, 0.6) is 0 Å². The number of nitrogens with zero attached hydrogens (tertiary/aromatic N) is 3. The Labute approximate surface area is 114 Å². The third kappa shape index (κ3) is 2.77. The van der Waals surface area contributed by atoms with Crippen LogP contribution in [-0.2, 0) is 0 Å². The maximum Gasteiger partial charge on any atom is 0.356 e. The molecule has 0 saturated carbocycles. The molecule has 2 aromatic rings. The Morgan fingerprint density at radius 3 is 2.70 bits per heavy atom. The molecule has 0 spiro atoms. The van der Waals surface area contributed by atoms with E-state index in [2.05, 4.69) is 20.5 Å². The molecule has 0 fully saturated rings. The molecule has 0 aliphatic heterocycles. The second-order valence-corrected chi connectivity index (χ2v) is 4.14. The number of hydrogen-bond acceptors (Lipinski definition) is 5. The van der Waals surface area contributed by atoms with Crippen molar-refractivity contribution >= 4 is 17.6 Å². The second kappa shape index (κ2) is 5.43. The fraction of sp³-hybridized carbons (Fsp3) is 0.154. The van der Waals surface area contributed by atoms with E-state index in [1.807, 2.05) is 0 Å². The lowest BCUT2D eigenvalue weighted by atomic mass is 10.2. The minimum Gasteiger partial charge on any atom is -0.476 e. The highest BCUT2D eigenvalue weighted by Gasteiger charge is 2.16. The van der Waals surface area contributed by atoms with Gasteiger partial charge in [0.25, 0.3) is 5.91 Å². The van der Waals surface area contributed by atoms with Gasteiger partial charge in [0, 0.05) is 6.20 Å². The van der Waals surface area contributed by atoms with Gasteiger partial charge >= 0.3 is 5.97 Å². The molecule has 2 N–H and O–H groups in total. The SMILES string of the molecule is Cc1cc(C(=O)Nc2cccnc2C(=O)O)c(C)nn1. The van der Waals surface area contributed by atoms with Gasteiger partial charge < -0.3 is 10.4 Å². The summed E-state index contributed by atoms with van der Waals surface area (Å²) in [5.41, 5.74) is 1.34. The largest absolute Gasteiger partial charge is 0.476 e. The molecule has 1 amide bonds. The molecule has 0 unspecified atom stereocenters. The van der Waals surface area contributed by atoms with Crippen LogP contribution in [0.4, 0.5) is 5.69 Å². The number of carboxylic acids is 1. The summed E-state index contributed by atoms with van der Waals surface area (Å²) in [5.74, 6) is -1.65. The van der Waals surface area contributed by atoms with Crippen LogP contribution >= 0.6 is 0 Å². The Balaban J connectivity index is 2.33. The molecule has 0 bridgehead atoms. The van der Waals surface area contributed by atoms with Gasteiger partial charge in [-0.2, -0.15) is 10.2 Å². The number of aryl methyl sites for hydroxylation is 2. The van der Waals surface area contributed by atoms with Crippen LogP contribution in [0.2, 0.25) is 0 Å². The molecule has 7 heteroatoms. The van der Waals surface area contributed by atoms with Gasteiger partial charge in [-0.05, 0) is 32.0 Å². The normalized spacial score (nSPS) is 10.1. The van der Waals surface area contributed by atoms with Crippen molar-refractivity contribution in [1.29, 1.82) is 0 Å². The van der Waals surface area contributed by atoms with Crippen LogP contribution in [-0.4, -0.2) is 32.2 Å². The van der Waals surface area contributed by atoms with Crippen molar-refractivity contribution in [1.82, 2.24) is 15.2 Å². The molecule has 7 nitrogen and oxygen atoms in total. The van der Waals surface area contributed by atoms with E-state index in [4.69, 9.17) is 5.11 Å². The van der Waals surface area contributed by atoms with Crippen LogP contribution < -0.4 is 5.32 Å². The lowest BCUT2D eigenvalue weighted by Crippen LogP contribution is -2.17. The topological polar surface area (TPSA) is 105 Å². The number of amides is 1. The highest BCUT2D eigenvalue weighted by molar-refractivity contribution is 6.07. The number of aromatic nitrogens is 3. The zero-order valence-corrected chi connectivity index (χ0v) is 10.9. The van der Waals surface area contributed by atoms with E-state index in [1.165, 1.54) is 12.3 Å². The van der Waals surface area contributed by atoms with E-state index >= 15 is 0 Å². The molecule has 2 rings (SSSR count). The van der Waals surface area contributed by atoms with Gasteiger partial charge in [-0.3, -0.25) is 4.79 Å². The van der Waals surface area contributed by atoms with E-state index in [-0.39, 0.29) is 11.4 Å². The number of rotatable bonds is 3. The molecular formula is C13H12N4O3. The summed E-state index contributed by atoms with van der Waals surface area (Å²) in [7, 11) is 0. The van der Waals surface area contributed by atoms with Gasteiger partial charge in [0.05, 0.1) is 22.6 Å². The van der Waals surface area contributed by atoms with E-state index < -0.39 is 11.9 Å². The first-order chi connectivity index (χ1) is 9.49. The van der Waals surface area contributed by atoms with E-state index in [1.54, 1.807) is 26.0 Å². The average molecular weight is 272 g/mol. The molecule has 0 saturated heterocycles. The average Bonchev–Trinajstić information content (AvgIpc) is 2.41. The zero-order chi connectivity index (χ0) is 14.7. The number of nitrogens with one attached hydrogen (secondary N) is 1. The smallest absolute Gasteiger partial charge is 0.356 e. The first kappa shape index (κ1) is 13.6. The van der Waals surface area contributed by atoms with Gasteiger partial charge in [0.1, 0.15) is 0 Å². The molecule has 0 aliphatic rings. The Morgan fingerprint density at radius 2 is 2.00 bits per heavy atom. The van der Waals surface area contributed by atoms with Crippen LogP contribution in [0.1, 0.15) is 32.2 Å². The van der Waals surface area contributed by atoms with Crippen molar-refractivity contribution in [3.8, 4) is 0 Å². The Morgan fingerprint density at radius 1 is 1.25 bits per heavy atom. The molecule has 2 heterocycles. The number of carbonyl (C=O) groups is 2. The van der Waals surface area contributed by atoms with Gasteiger partial charge in [-0.15, -0.1) is 0 Å². The molecule has 0 aliphatic carbocycles. The van der Waals surface area contributed by atoms with Crippen LogP contribution in [0.3, 0.4) is 0 Å². The number of aromatic carboxylic acids is 1. The molecule has 0 atom stereocenters. The van der Waals surface area contributed by atoms with E-state index in [0.29, 0.717) is 17.0 Å². The van der Waals surface area contributed by atoms with Crippen molar-refractivity contribution in [2.24, 2.45) is 0 Å². The first-order valence-electron chi connectivity index (χ1n) is 5.79. The highest BCUT2D eigenvalue weighted by atomic mass is 16.4. The molecule has 102 valence electrons. The lowest BCUT2D eigenvalue weighted by Gasteiger charge is -2.09. The van der Waals surface area contributed by atoms with Gasteiger partial charge in [-0.1, -0.05) is 0 Å². The second-order valence-electron chi connectivity index (χ2n) is 4.14. The fourth-order valence-corrected chi connectivity index (χ4v) is 1.65. The minimum atomic E-state index is -1.21. The van der Waals surface area contributed by atoms with E-state index in [9.17, 15) is 9.59 Å². The Kier molecular flexibility index (Phi) is 3.69. The summed E-state index contributed by atoms with van der Waals surface area (Å²) in [6, 6.07) is 4.62. The number of carbonyl (C=O) groups excluding carboxylic acids is 1. The maximum atomic E-state index is 12.2. The summed E-state index contributed by atoms with van der Waals surface area (Å²) < 4.78 is 0. The molecule has 20 heavy (non-hydrogen) atoms. The highest BCUT2D eigenvalue weighted by Crippen LogP contribution is 2.15. The number of anilines is 1. The van der Waals surface area contributed by atoms with Crippen LogP contribution in [0.15, 0.2) is 24.4 Å². The van der Waals surface area contributed by atoms with Gasteiger partial charge in [-0.25, -0.2) is 9.78 Å². The van der Waals surface area contributed by atoms with Crippen molar-refractivity contribution in [3.63, 3.8) is 0 Å². The van der Waals surface area contributed by atoms with Crippen molar-refractivity contribution in [2.45, 2.75) is 13.8 Å². The zero-order valence-electron chi connectivity index (χ0n) is 10.9. The third-order valence-corrected chi connectivity index (χ3v) is 2.60. The predicted octanol–water partition coefficient (Wildman–Crippen LogP) is 1.44. The fourth-order valence-electron chi connectivity index (χ4n) is 1.65. The first-order valence-corrected chi connectivity index (χ1v) is 5.79. The lowest BCUT2D eigenvalue weighted by molar-refractivity contribution is 0.0692. The molecular weight excluding hydrogens is 260 g/mol. The standard InChI is InChI=1S/C13H12N4O3/c1-7-6-9(8(2)17-16-7)12(18)15-10-4-3-5-14-11(10)13(19)20/h3-6H,1-2H3,(H,15,18)(H,19,20). The van der Waals surface area contributed by atoms with Crippen molar-refractivity contribution in [2.75, 3.05) is 5.32 Å².